The first kappa shape index (κ1) is 20.0. The molecular formula is C20H42GeOSi. The van der Waals surface area contributed by atoms with E-state index in [9.17, 15) is 5.11 Å². The predicted molar refractivity (Wildman–Crippen MR) is 108 cm³/mol. The molecular weight excluding hydrogens is 357 g/mol. The summed E-state index contributed by atoms with van der Waals surface area (Å²) in [6.45, 7) is 17.1. The van der Waals surface area contributed by atoms with Crippen molar-refractivity contribution in [1.29, 1.82) is 0 Å². The van der Waals surface area contributed by atoms with Gasteiger partial charge in [-0.15, -0.1) is 0 Å². The fourth-order valence-corrected chi connectivity index (χ4v) is 19.6. The average Bonchev–Trinajstić information content (AvgIpc) is 2.43. The Bertz CT molecular complexity index is 402. The van der Waals surface area contributed by atoms with E-state index < -0.39 is 21.3 Å². The molecule has 136 valence electrons. The molecule has 2 aliphatic carbocycles. The van der Waals surface area contributed by atoms with Gasteiger partial charge in [-0.1, -0.05) is 0 Å². The molecule has 2 saturated carbocycles. The van der Waals surface area contributed by atoms with Crippen LogP contribution in [0.15, 0.2) is 0 Å². The molecule has 23 heavy (non-hydrogen) atoms. The Labute approximate surface area is 149 Å². The van der Waals surface area contributed by atoms with Crippen LogP contribution in [-0.2, 0) is 0 Å². The van der Waals surface area contributed by atoms with E-state index in [0.717, 1.165) is 5.92 Å². The summed E-state index contributed by atoms with van der Waals surface area (Å²) in [7, 11) is -1.11. The molecule has 4 atom stereocenters. The van der Waals surface area contributed by atoms with Gasteiger partial charge < -0.3 is 0 Å². The summed E-state index contributed by atoms with van der Waals surface area (Å²) >= 11 is -2.20. The molecule has 2 fully saturated rings. The Hall–Kier alpha value is 0.720. The molecule has 0 aromatic rings. The third kappa shape index (κ3) is 3.26. The zero-order chi connectivity index (χ0) is 17.5. The van der Waals surface area contributed by atoms with Gasteiger partial charge in [-0.25, -0.2) is 0 Å². The van der Waals surface area contributed by atoms with Gasteiger partial charge in [0.1, 0.15) is 0 Å². The van der Waals surface area contributed by atoms with Crippen LogP contribution in [0.5, 0.6) is 0 Å². The number of aliphatic hydroxyl groups is 1. The molecule has 0 spiro atoms. The van der Waals surface area contributed by atoms with Gasteiger partial charge in [0.05, 0.1) is 0 Å². The van der Waals surface area contributed by atoms with Crippen molar-refractivity contribution in [3.63, 3.8) is 0 Å². The van der Waals surface area contributed by atoms with Gasteiger partial charge in [-0.05, 0) is 0 Å². The fraction of sp³-hybridized carbons (Fsp3) is 1.00. The first-order valence-corrected chi connectivity index (χ1v) is 19.5. The first-order valence-electron chi connectivity index (χ1n) is 10.3. The summed E-state index contributed by atoms with van der Waals surface area (Å²) in [4.78, 5) is 0. The van der Waals surface area contributed by atoms with Crippen molar-refractivity contribution in [2.45, 2.75) is 106 Å². The molecule has 0 saturated heterocycles. The average molecular weight is 399 g/mol. The molecule has 0 radical (unpaired) electrons. The van der Waals surface area contributed by atoms with Gasteiger partial charge in [0.2, 0.25) is 0 Å². The van der Waals surface area contributed by atoms with E-state index in [1.165, 1.54) is 53.9 Å². The van der Waals surface area contributed by atoms with Crippen molar-refractivity contribution in [3.05, 3.63) is 0 Å². The van der Waals surface area contributed by atoms with Crippen LogP contribution < -0.4 is 0 Å². The Morgan fingerprint density at radius 3 is 2.09 bits per heavy atom. The van der Waals surface area contributed by atoms with Crippen LogP contribution in [0.4, 0.5) is 0 Å². The summed E-state index contributed by atoms with van der Waals surface area (Å²) in [6, 6.07) is 1.46. The molecule has 0 bridgehead atoms. The Morgan fingerprint density at radius 1 is 1.09 bits per heavy atom. The molecule has 0 aromatic carbocycles. The van der Waals surface area contributed by atoms with Crippen molar-refractivity contribution >= 4 is 21.3 Å². The number of hydrogen-bond acceptors (Lipinski definition) is 1. The summed E-state index contributed by atoms with van der Waals surface area (Å²) in [5.41, 5.74) is 0.516. The second kappa shape index (κ2) is 6.79. The van der Waals surface area contributed by atoms with Crippen LogP contribution in [0.25, 0.3) is 0 Å². The van der Waals surface area contributed by atoms with Crippen LogP contribution in [0.2, 0.25) is 41.4 Å². The van der Waals surface area contributed by atoms with Crippen molar-refractivity contribution < 1.29 is 5.11 Å². The van der Waals surface area contributed by atoms with Crippen molar-refractivity contribution in [1.82, 2.24) is 0 Å². The summed E-state index contributed by atoms with van der Waals surface area (Å²) < 4.78 is -0.314. The van der Waals surface area contributed by atoms with Crippen LogP contribution in [0.3, 0.4) is 0 Å². The van der Waals surface area contributed by atoms with Gasteiger partial charge in [0, 0.05) is 0 Å². The van der Waals surface area contributed by atoms with E-state index in [4.69, 9.17) is 0 Å². The summed E-state index contributed by atoms with van der Waals surface area (Å²) in [6.07, 6.45) is 7.05. The van der Waals surface area contributed by atoms with Crippen molar-refractivity contribution in [3.8, 4) is 0 Å². The van der Waals surface area contributed by atoms with E-state index in [-0.39, 0.29) is 4.43 Å². The fourth-order valence-electron chi connectivity index (χ4n) is 6.83. The Balaban J connectivity index is 2.37. The summed E-state index contributed by atoms with van der Waals surface area (Å²) in [5, 5.41) is 15.8. The number of hydrogen-bond donors (Lipinski definition) is 1. The molecule has 2 aliphatic rings. The zero-order valence-electron chi connectivity index (χ0n) is 17.0. The van der Waals surface area contributed by atoms with Gasteiger partial charge in [0.25, 0.3) is 0 Å². The number of rotatable bonds is 7. The summed E-state index contributed by atoms with van der Waals surface area (Å²) in [5.74, 6) is 1.55. The van der Waals surface area contributed by atoms with Gasteiger partial charge in [-0.2, -0.15) is 0 Å². The minimum absolute atomic E-state index is 0.314. The molecule has 0 heterocycles. The maximum absolute atomic E-state index is 11.9. The topological polar surface area (TPSA) is 20.2 Å². The standard InChI is InChI=1S/C20H42GeOSi/c1-8-21(9-2,10-3)19(4,22)18-15-17-13-11-12-14-20(17,18)16-23(5,6)7/h17-18,22H,8-16H2,1-7H3. The van der Waals surface area contributed by atoms with Gasteiger partial charge in [-0.3, -0.25) is 0 Å². The normalized spacial score (nSPS) is 34.4. The van der Waals surface area contributed by atoms with Crippen molar-refractivity contribution in [2.75, 3.05) is 0 Å². The molecule has 1 N–H and O–H groups in total. The molecule has 0 aromatic heterocycles. The van der Waals surface area contributed by atoms with Crippen molar-refractivity contribution in [2.24, 2.45) is 17.3 Å². The van der Waals surface area contributed by atoms with Gasteiger partial charge >= 0.3 is 149 Å². The van der Waals surface area contributed by atoms with Crippen LogP contribution in [-0.4, -0.2) is 30.9 Å². The van der Waals surface area contributed by atoms with E-state index in [2.05, 4.69) is 47.3 Å². The molecule has 3 heteroatoms. The first-order chi connectivity index (χ1) is 10.6. The molecule has 0 aliphatic heterocycles. The molecule has 4 unspecified atom stereocenters. The van der Waals surface area contributed by atoms with E-state index in [1.807, 2.05) is 0 Å². The second-order valence-electron chi connectivity index (χ2n) is 10.2. The van der Waals surface area contributed by atoms with E-state index in [0.29, 0.717) is 11.3 Å². The van der Waals surface area contributed by atoms with Gasteiger partial charge in [0.15, 0.2) is 0 Å². The molecule has 1 nitrogen and oxygen atoms in total. The number of fused-ring (bicyclic) bond motifs is 1. The van der Waals surface area contributed by atoms with E-state index >= 15 is 0 Å². The van der Waals surface area contributed by atoms with Crippen LogP contribution >= 0.6 is 0 Å². The Kier molecular flexibility index (Phi) is 5.92. The Morgan fingerprint density at radius 2 is 1.65 bits per heavy atom. The third-order valence-electron chi connectivity index (χ3n) is 8.11. The third-order valence-corrected chi connectivity index (χ3v) is 23.6. The monoisotopic (exact) mass is 400 g/mol. The maximum atomic E-state index is 11.9. The quantitative estimate of drug-likeness (QED) is 0.497. The van der Waals surface area contributed by atoms with Crippen LogP contribution in [0, 0.1) is 17.3 Å². The zero-order valence-corrected chi connectivity index (χ0v) is 20.1. The SMILES string of the molecule is C[CH2][Ge]([CH2]C)([CH2]C)[C](C)(O)C1CC2CCCCC21C[Si](C)(C)C. The van der Waals surface area contributed by atoms with Crippen LogP contribution in [0.1, 0.15) is 59.8 Å². The molecule has 0 amide bonds. The van der Waals surface area contributed by atoms with E-state index in [1.54, 1.807) is 0 Å². The second-order valence-corrected chi connectivity index (χ2v) is 27.6. The predicted octanol–water partition coefficient (Wildman–Crippen LogP) is 6.32. The minimum atomic E-state index is -2.20. The molecule has 2 rings (SSSR count).